The van der Waals surface area contributed by atoms with Gasteiger partial charge in [0.15, 0.2) is 0 Å². The summed E-state index contributed by atoms with van der Waals surface area (Å²) in [6.45, 7) is 3.57. The molecule has 2 amide bonds. The van der Waals surface area contributed by atoms with E-state index in [0.29, 0.717) is 22.0 Å². The van der Waals surface area contributed by atoms with Crippen molar-refractivity contribution in [2.75, 3.05) is 16.8 Å². The number of nitrogens with zero attached hydrogens (tertiary/aromatic N) is 2. The molecule has 5 nitrogen and oxygen atoms in total. The molecule has 0 aromatic heterocycles. The van der Waals surface area contributed by atoms with E-state index in [1.54, 1.807) is 36.4 Å². The number of halogens is 1. The van der Waals surface area contributed by atoms with Crippen molar-refractivity contribution in [3.8, 4) is 6.07 Å². The summed E-state index contributed by atoms with van der Waals surface area (Å²) < 4.78 is 0. The topological polar surface area (TPSA) is 73.2 Å². The highest BCUT2D eigenvalue weighted by atomic mass is 35.5. The second-order valence-corrected chi connectivity index (χ2v) is 6.03. The third-order valence-corrected chi connectivity index (χ3v) is 3.92. The van der Waals surface area contributed by atoms with Crippen molar-refractivity contribution in [3.63, 3.8) is 0 Å². The first-order valence-corrected chi connectivity index (χ1v) is 8.13. The van der Waals surface area contributed by atoms with Gasteiger partial charge in [0.05, 0.1) is 11.6 Å². The van der Waals surface area contributed by atoms with Crippen LogP contribution >= 0.6 is 11.6 Å². The molecular formula is C19H18ClN3O2. The van der Waals surface area contributed by atoms with Crippen LogP contribution in [0.25, 0.3) is 0 Å². The SMILES string of the molecule is CC(=O)N(CCC(=O)Nc1cccc(C#N)c1)c1cc(Cl)ccc1C. The van der Waals surface area contributed by atoms with Crippen molar-refractivity contribution in [2.45, 2.75) is 20.3 Å². The number of rotatable bonds is 5. The van der Waals surface area contributed by atoms with Crippen LogP contribution in [0.2, 0.25) is 5.02 Å². The second-order valence-electron chi connectivity index (χ2n) is 5.59. The molecule has 0 unspecified atom stereocenters. The van der Waals surface area contributed by atoms with Gasteiger partial charge in [-0.3, -0.25) is 9.59 Å². The predicted octanol–water partition coefficient (Wildman–Crippen LogP) is 3.90. The summed E-state index contributed by atoms with van der Waals surface area (Å²) >= 11 is 6.02. The first-order chi connectivity index (χ1) is 11.9. The van der Waals surface area contributed by atoms with Crippen molar-refractivity contribution in [2.24, 2.45) is 0 Å². The lowest BCUT2D eigenvalue weighted by Crippen LogP contribution is -2.32. The molecule has 2 rings (SSSR count). The van der Waals surface area contributed by atoms with E-state index in [2.05, 4.69) is 5.32 Å². The molecule has 0 aliphatic rings. The highest BCUT2D eigenvalue weighted by Gasteiger charge is 2.16. The molecule has 0 atom stereocenters. The van der Waals surface area contributed by atoms with Crippen LogP contribution in [-0.2, 0) is 9.59 Å². The first-order valence-electron chi connectivity index (χ1n) is 7.75. The van der Waals surface area contributed by atoms with E-state index in [1.165, 1.54) is 11.8 Å². The molecule has 0 aliphatic carbocycles. The number of anilines is 2. The standard InChI is InChI=1S/C19H18ClN3O2/c1-13-6-7-16(20)11-18(13)23(14(2)24)9-8-19(25)22-17-5-3-4-15(10-17)12-21/h3-7,10-11H,8-9H2,1-2H3,(H,22,25). The van der Waals surface area contributed by atoms with Crippen LogP contribution in [0.4, 0.5) is 11.4 Å². The summed E-state index contributed by atoms with van der Waals surface area (Å²) in [6, 6.07) is 14.0. The Morgan fingerprint density at radius 2 is 2.00 bits per heavy atom. The molecule has 0 aliphatic heterocycles. The summed E-state index contributed by atoms with van der Waals surface area (Å²) in [5, 5.41) is 12.2. The summed E-state index contributed by atoms with van der Waals surface area (Å²) in [5.74, 6) is -0.398. The first kappa shape index (κ1) is 18.5. The fourth-order valence-corrected chi connectivity index (χ4v) is 2.59. The smallest absolute Gasteiger partial charge is 0.226 e. The minimum atomic E-state index is -0.235. The van der Waals surface area contributed by atoms with E-state index < -0.39 is 0 Å². The Bertz CT molecular complexity index is 843. The molecule has 2 aromatic carbocycles. The van der Waals surface area contributed by atoms with Crippen molar-refractivity contribution >= 4 is 34.8 Å². The maximum Gasteiger partial charge on any atom is 0.226 e. The maximum absolute atomic E-state index is 12.2. The molecule has 0 radical (unpaired) electrons. The zero-order valence-electron chi connectivity index (χ0n) is 14.0. The lowest BCUT2D eigenvalue weighted by Gasteiger charge is -2.23. The molecule has 2 aromatic rings. The van der Waals surface area contributed by atoms with E-state index in [-0.39, 0.29) is 24.8 Å². The quantitative estimate of drug-likeness (QED) is 0.883. The molecule has 0 saturated carbocycles. The van der Waals surface area contributed by atoms with Gasteiger partial charge in [-0.05, 0) is 42.8 Å². The number of carbonyl (C=O) groups is 2. The van der Waals surface area contributed by atoms with E-state index in [4.69, 9.17) is 16.9 Å². The van der Waals surface area contributed by atoms with Crippen LogP contribution < -0.4 is 10.2 Å². The van der Waals surface area contributed by atoms with Gasteiger partial charge in [-0.15, -0.1) is 0 Å². The van der Waals surface area contributed by atoms with Gasteiger partial charge in [0.2, 0.25) is 11.8 Å². The van der Waals surface area contributed by atoms with E-state index in [9.17, 15) is 9.59 Å². The molecule has 128 valence electrons. The van der Waals surface area contributed by atoms with Crippen molar-refractivity contribution in [3.05, 3.63) is 58.6 Å². The average molecular weight is 356 g/mol. The Balaban J connectivity index is 2.06. The fourth-order valence-electron chi connectivity index (χ4n) is 2.42. The summed E-state index contributed by atoms with van der Waals surface area (Å²) in [5.41, 5.74) is 2.62. The molecule has 0 fully saturated rings. The Labute approximate surface area is 151 Å². The van der Waals surface area contributed by atoms with Gasteiger partial charge >= 0.3 is 0 Å². The normalized spacial score (nSPS) is 10.0. The highest BCUT2D eigenvalue weighted by molar-refractivity contribution is 6.31. The molecule has 0 spiro atoms. The number of aryl methyl sites for hydroxylation is 1. The molecule has 0 heterocycles. The van der Waals surface area contributed by atoms with Crippen LogP contribution in [0, 0.1) is 18.3 Å². The Morgan fingerprint density at radius 1 is 1.24 bits per heavy atom. The number of nitriles is 1. The minimum absolute atomic E-state index is 0.127. The van der Waals surface area contributed by atoms with Gasteiger partial charge < -0.3 is 10.2 Å². The van der Waals surface area contributed by atoms with Crippen LogP contribution in [0.5, 0.6) is 0 Å². The number of nitrogens with one attached hydrogen (secondary N) is 1. The van der Waals surface area contributed by atoms with Crippen LogP contribution in [0.1, 0.15) is 24.5 Å². The second kappa shape index (κ2) is 8.32. The Hall–Kier alpha value is -2.84. The lowest BCUT2D eigenvalue weighted by molar-refractivity contribution is -0.117. The molecule has 6 heteroatoms. The Kier molecular flexibility index (Phi) is 6.15. The van der Waals surface area contributed by atoms with Gasteiger partial charge in [0.25, 0.3) is 0 Å². The number of benzene rings is 2. The van der Waals surface area contributed by atoms with Gasteiger partial charge in [0, 0.05) is 36.3 Å². The fraction of sp³-hybridized carbons (Fsp3) is 0.211. The van der Waals surface area contributed by atoms with Crippen molar-refractivity contribution < 1.29 is 9.59 Å². The molecule has 1 N–H and O–H groups in total. The molecule has 0 bridgehead atoms. The van der Waals surface area contributed by atoms with E-state index >= 15 is 0 Å². The van der Waals surface area contributed by atoms with Crippen LogP contribution in [0.15, 0.2) is 42.5 Å². The number of carbonyl (C=O) groups excluding carboxylic acids is 2. The number of amides is 2. The van der Waals surface area contributed by atoms with Gasteiger partial charge in [-0.1, -0.05) is 23.7 Å². The number of hydrogen-bond donors (Lipinski definition) is 1. The summed E-state index contributed by atoms with van der Waals surface area (Å²) in [4.78, 5) is 25.7. The Morgan fingerprint density at radius 3 is 2.68 bits per heavy atom. The minimum Gasteiger partial charge on any atom is -0.326 e. The predicted molar refractivity (Wildman–Crippen MR) is 98.6 cm³/mol. The number of hydrogen-bond acceptors (Lipinski definition) is 3. The molecular weight excluding hydrogens is 338 g/mol. The third-order valence-electron chi connectivity index (χ3n) is 3.68. The molecule has 25 heavy (non-hydrogen) atoms. The van der Waals surface area contributed by atoms with Gasteiger partial charge in [-0.2, -0.15) is 5.26 Å². The zero-order valence-corrected chi connectivity index (χ0v) is 14.8. The van der Waals surface area contributed by atoms with Crippen molar-refractivity contribution in [1.82, 2.24) is 0 Å². The van der Waals surface area contributed by atoms with Crippen molar-refractivity contribution in [1.29, 1.82) is 5.26 Å². The largest absolute Gasteiger partial charge is 0.326 e. The monoisotopic (exact) mass is 355 g/mol. The van der Waals surface area contributed by atoms with E-state index in [0.717, 1.165) is 5.56 Å². The summed E-state index contributed by atoms with van der Waals surface area (Å²) in [7, 11) is 0. The maximum atomic E-state index is 12.2. The van der Waals surface area contributed by atoms with Gasteiger partial charge in [-0.25, -0.2) is 0 Å². The molecule has 0 saturated heterocycles. The highest BCUT2D eigenvalue weighted by Crippen LogP contribution is 2.24. The zero-order chi connectivity index (χ0) is 18.4. The van der Waals surface area contributed by atoms with Crippen LogP contribution in [-0.4, -0.2) is 18.4 Å². The third kappa shape index (κ3) is 5.07. The lowest BCUT2D eigenvalue weighted by atomic mass is 10.1. The summed E-state index contributed by atoms with van der Waals surface area (Å²) in [6.07, 6.45) is 0.127. The van der Waals surface area contributed by atoms with E-state index in [1.807, 2.05) is 19.1 Å². The van der Waals surface area contributed by atoms with Gasteiger partial charge in [0.1, 0.15) is 0 Å². The average Bonchev–Trinajstić information content (AvgIpc) is 2.58. The van der Waals surface area contributed by atoms with Crippen LogP contribution in [0.3, 0.4) is 0 Å².